The second-order valence-electron chi connectivity index (χ2n) is 4.45. The maximum atomic E-state index is 12.7. The molecule has 0 aliphatic carbocycles. The van der Waals surface area contributed by atoms with Gasteiger partial charge in [0.15, 0.2) is 5.65 Å². The Balaban J connectivity index is 0.000000730. The van der Waals surface area contributed by atoms with E-state index in [9.17, 15) is 8.42 Å². The van der Waals surface area contributed by atoms with Crippen LogP contribution >= 0.6 is 23.2 Å². The van der Waals surface area contributed by atoms with Crippen LogP contribution in [-0.4, -0.2) is 22.4 Å². The van der Waals surface area contributed by atoms with Gasteiger partial charge in [-0.2, -0.15) is 4.98 Å². The number of fused-ring (bicyclic) bond motifs is 1. The van der Waals surface area contributed by atoms with Crippen LogP contribution in [-0.2, 0) is 10.0 Å². The van der Waals surface area contributed by atoms with E-state index in [4.69, 9.17) is 23.2 Å². The predicted octanol–water partition coefficient (Wildman–Crippen LogP) is 5.34. The van der Waals surface area contributed by atoms with Gasteiger partial charge < -0.3 is 0 Å². The molecule has 0 N–H and O–H groups in total. The molecule has 0 bridgehead atoms. The highest BCUT2D eigenvalue weighted by molar-refractivity contribution is 7.90. The van der Waals surface area contributed by atoms with Gasteiger partial charge in [0.05, 0.1) is 10.3 Å². The van der Waals surface area contributed by atoms with E-state index < -0.39 is 10.0 Å². The van der Waals surface area contributed by atoms with E-state index in [1.165, 1.54) is 6.20 Å². The van der Waals surface area contributed by atoms with E-state index in [0.717, 1.165) is 9.54 Å². The normalized spacial score (nSPS) is 10.5. The number of aryl methyl sites for hydroxylation is 1. The third-order valence-electron chi connectivity index (χ3n) is 3.01. The maximum Gasteiger partial charge on any atom is 0.269 e. The molecule has 0 unspecified atom stereocenters. The fourth-order valence-electron chi connectivity index (χ4n) is 1.95. The van der Waals surface area contributed by atoms with Crippen molar-refractivity contribution in [3.05, 3.63) is 52.5 Å². The average Bonchev–Trinajstić information content (AvgIpc) is 3.04. The van der Waals surface area contributed by atoms with Gasteiger partial charge >= 0.3 is 0 Å². The van der Waals surface area contributed by atoms with Gasteiger partial charge in [0, 0.05) is 6.20 Å². The third kappa shape index (κ3) is 4.51. The van der Waals surface area contributed by atoms with Crippen LogP contribution in [0.3, 0.4) is 0 Å². The summed E-state index contributed by atoms with van der Waals surface area (Å²) in [6, 6.07) is 8.09. The predicted molar refractivity (Wildman–Crippen MR) is 104 cm³/mol. The molecule has 0 fully saturated rings. The van der Waals surface area contributed by atoms with E-state index >= 15 is 0 Å². The minimum atomic E-state index is -3.76. The molecule has 0 saturated carbocycles. The van der Waals surface area contributed by atoms with E-state index in [-0.39, 0.29) is 21.0 Å². The first kappa shape index (κ1) is 21.4. The van der Waals surface area contributed by atoms with E-state index in [1.807, 2.05) is 34.6 Å². The summed E-state index contributed by atoms with van der Waals surface area (Å²) in [5.74, 6) is 0. The van der Waals surface area contributed by atoms with Crippen molar-refractivity contribution in [3.63, 3.8) is 0 Å². The lowest BCUT2D eigenvalue weighted by atomic mass is 10.2. The van der Waals surface area contributed by atoms with E-state index in [2.05, 4.69) is 9.97 Å². The highest BCUT2D eigenvalue weighted by Gasteiger charge is 2.21. The number of halogens is 2. The Bertz CT molecular complexity index is 936. The summed E-state index contributed by atoms with van der Waals surface area (Å²) in [4.78, 5) is 7.92. The first-order valence-electron chi connectivity index (χ1n) is 7.92. The van der Waals surface area contributed by atoms with Gasteiger partial charge in [0.1, 0.15) is 5.15 Å². The van der Waals surface area contributed by atoms with Crippen molar-refractivity contribution >= 4 is 44.3 Å². The summed E-state index contributed by atoms with van der Waals surface area (Å²) < 4.78 is 26.4. The molecule has 0 amide bonds. The molecule has 3 aromatic rings. The molecule has 3 rings (SSSR count). The van der Waals surface area contributed by atoms with Crippen LogP contribution in [0.5, 0.6) is 0 Å². The zero-order valence-electron chi connectivity index (χ0n) is 14.8. The SMILES string of the molecule is CC.CC.Cc1ccc(S(=O)(=O)n2ccc3c(Cl)nc(Cl)nc32)cc1. The molecule has 0 aliphatic rings. The lowest BCUT2D eigenvalue weighted by Crippen LogP contribution is -2.12. The molecule has 0 aliphatic heterocycles. The minimum Gasteiger partial charge on any atom is -0.224 e. The van der Waals surface area contributed by atoms with Gasteiger partial charge in [0.2, 0.25) is 5.28 Å². The first-order chi connectivity index (χ1) is 11.9. The van der Waals surface area contributed by atoms with Gasteiger partial charge in [-0.05, 0) is 36.7 Å². The molecular weight excluding hydrogens is 381 g/mol. The Hall–Kier alpha value is -1.63. The number of nitrogens with zero attached hydrogens (tertiary/aromatic N) is 3. The number of aromatic nitrogens is 3. The third-order valence-corrected chi connectivity index (χ3v) is 5.15. The Labute approximate surface area is 158 Å². The fourth-order valence-corrected chi connectivity index (χ4v) is 3.68. The van der Waals surface area contributed by atoms with Crippen molar-refractivity contribution in [2.24, 2.45) is 0 Å². The van der Waals surface area contributed by atoms with Crippen molar-refractivity contribution in [2.45, 2.75) is 39.5 Å². The summed E-state index contributed by atoms with van der Waals surface area (Å²) in [6.07, 6.45) is 1.39. The highest BCUT2D eigenvalue weighted by atomic mass is 35.5. The maximum absolute atomic E-state index is 12.7. The van der Waals surface area contributed by atoms with Gasteiger partial charge in [-0.15, -0.1) is 0 Å². The van der Waals surface area contributed by atoms with E-state index in [1.54, 1.807) is 30.3 Å². The van der Waals surface area contributed by atoms with Crippen molar-refractivity contribution in [3.8, 4) is 0 Å². The quantitative estimate of drug-likeness (QED) is 0.429. The van der Waals surface area contributed by atoms with Crippen LogP contribution < -0.4 is 0 Å². The molecule has 0 spiro atoms. The molecule has 8 heteroatoms. The smallest absolute Gasteiger partial charge is 0.224 e. The lowest BCUT2D eigenvalue weighted by molar-refractivity contribution is 0.588. The molecule has 136 valence electrons. The Morgan fingerprint density at radius 1 is 0.920 bits per heavy atom. The number of rotatable bonds is 2. The van der Waals surface area contributed by atoms with Crippen molar-refractivity contribution in [1.29, 1.82) is 0 Å². The summed E-state index contributed by atoms with van der Waals surface area (Å²) in [7, 11) is -3.76. The summed E-state index contributed by atoms with van der Waals surface area (Å²) in [5.41, 5.74) is 1.13. The zero-order chi connectivity index (χ0) is 19.2. The molecule has 0 atom stereocenters. The Kier molecular flexibility index (Phi) is 7.86. The standard InChI is InChI=1S/C13H9Cl2N3O2S.2C2H6/c1-8-2-4-9(5-3-8)21(19,20)18-7-6-10-11(14)16-13(15)17-12(10)18;2*1-2/h2-7H,1H3;2*1-2H3. The highest BCUT2D eigenvalue weighted by Crippen LogP contribution is 2.26. The fraction of sp³-hybridized carbons (Fsp3) is 0.294. The number of benzene rings is 1. The molecule has 5 nitrogen and oxygen atoms in total. The van der Waals surface area contributed by atoms with Gasteiger partial charge in [-0.3, -0.25) is 0 Å². The van der Waals surface area contributed by atoms with Crippen LogP contribution in [0.4, 0.5) is 0 Å². The lowest BCUT2D eigenvalue weighted by Gasteiger charge is -2.07. The Morgan fingerprint density at radius 2 is 1.48 bits per heavy atom. The van der Waals surface area contributed by atoms with Crippen LogP contribution in [0.25, 0.3) is 11.0 Å². The van der Waals surface area contributed by atoms with Crippen LogP contribution in [0.1, 0.15) is 33.3 Å². The average molecular weight is 402 g/mol. The molecule has 1 aromatic carbocycles. The minimum absolute atomic E-state index is 0.105. The van der Waals surface area contributed by atoms with Gasteiger partial charge in [0.25, 0.3) is 10.0 Å². The molecule has 2 aromatic heterocycles. The topological polar surface area (TPSA) is 64.8 Å². The van der Waals surface area contributed by atoms with Crippen molar-refractivity contribution in [1.82, 2.24) is 13.9 Å². The molecule has 0 saturated heterocycles. The molecule has 2 heterocycles. The van der Waals surface area contributed by atoms with Crippen molar-refractivity contribution in [2.75, 3.05) is 0 Å². The monoisotopic (exact) mass is 401 g/mol. The summed E-state index contributed by atoms with van der Waals surface area (Å²) in [5, 5.41) is 0.436. The molecule has 25 heavy (non-hydrogen) atoms. The van der Waals surface area contributed by atoms with Gasteiger partial charge in [-0.25, -0.2) is 17.4 Å². The summed E-state index contributed by atoms with van der Waals surface area (Å²) >= 11 is 11.7. The van der Waals surface area contributed by atoms with Gasteiger partial charge in [-0.1, -0.05) is 57.0 Å². The zero-order valence-corrected chi connectivity index (χ0v) is 17.1. The second-order valence-corrected chi connectivity index (χ2v) is 6.96. The van der Waals surface area contributed by atoms with Crippen LogP contribution in [0, 0.1) is 6.92 Å². The summed E-state index contributed by atoms with van der Waals surface area (Å²) in [6.45, 7) is 9.88. The van der Waals surface area contributed by atoms with E-state index in [0.29, 0.717) is 5.39 Å². The van der Waals surface area contributed by atoms with Crippen LogP contribution in [0.15, 0.2) is 41.4 Å². The second kappa shape index (κ2) is 9.17. The first-order valence-corrected chi connectivity index (χ1v) is 10.1. The molecular formula is C17H21Cl2N3O2S. The molecule has 0 radical (unpaired) electrons. The Morgan fingerprint density at radius 3 is 2.04 bits per heavy atom. The number of hydrogen-bond acceptors (Lipinski definition) is 4. The van der Waals surface area contributed by atoms with Crippen LogP contribution in [0.2, 0.25) is 10.4 Å². The number of hydrogen-bond donors (Lipinski definition) is 0. The largest absolute Gasteiger partial charge is 0.269 e. The van der Waals surface area contributed by atoms with Crippen molar-refractivity contribution < 1.29 is 8.42 Å².